The van der Waals surface area contributed by atoms with Gasteiger partial charge in [-0.1, -0.05) is 40.5 Å². The van der Waals surface area contributed by atoms with Crippen molar-refractivity contribution in [3.8, 4) is 0 Å². The zero-order valence-corrected chi connectivity index (χ0v) is 27.8. The van der Waals surface area contributed by atoms with E-state index in [9.17, 15) is 23.4 Å². The zero-order valence-electron chi connectivity index (χ0n) is 27.0. The Bertz CT molecular complexity index is 1080. The third-order valence-electron chi connectivity index (χ3n) is 13.6. The number of urea groups is 1. The van der Waals surface area contributed by atoms with Crippen molar-refractivity contribution in [3.05, 3.63) is 0 Å². The van der Waals surface area contributed by atoms with E-state index in [1.54, 1.807) is 0 Å². The molecule has 5 fully saturated rings. The summed E-state index contributed by atoms with van der Waals surface area (Å²) in [6.07, 6.45) is 11.3. The smallest absolute Gasteiger partial charge is 0.329 e. The van der Waals surface area contributed by atoms with Crippen LogP contribution in [0, 0.1) is 52.3 Å². The lowest BCUT2D eigenvalue weighted by Gasteiger charge is -2.64. The molecule has 4 aliphatic carbocycles. The van der Waals surface area contributed by atoms with E-state index < -0.39 is 16.2 Å². The topological polar surface area (TPSA) is 119 Å². The predicted molar refractivity (Wildman–Crippen MR) is 166 cm³/mol. The highest BCUT2D eigenvalue weighted by Gasteiger charge is 2.64. The molecule has 0 unspecified atom stereocenters. The van der Waals surface area contributed by atoms with E-state index in [1.165, 1.54) is 10.7 Å². The fourth-order valence-corrected chi connectivity index (χ4v) is 13.2. The van der Waals surface area contributed by atoms with Crippen molar-refractivity contribution < 1.29 is 23.4 Å². The van der Waals surface area contributed by atoms with E-state index in [0.29, 0.717) is 42.1 Å². The Balaban J connectivity index is 1.20. The Labute approximate surface area is 255 Å². The molecule has 0 spiro atoms. The van der Waals surface area contributed by atoms with Crippen molar-refractivity contribution in [1.82, 2.24) is 14.3 Å². The van der Waals surface area contributed by atoms with Crippen molar-refractivity contribution in [1.29, 1.82) is 0 Å². The van der Waals surface area contributed by atoms with Crippen LogP contribution in [0.4, 0.5) is 4.79 Å². The maximum absolute atomic E-state index is 13.0. The molecule has 1 aliphatic heterocycles. The number of aliphatic hydroxyl groups is 2. The van der Waals surface area contributed by atoms with E-state index in [2.05, 4.69) is 37.7 Å². The van der Waals surface area contributed by atoms with Gasteiger partial charge in [0.05, 0.1) is 12.2 Å². The first kappa shape index (κ1) is 32.5. The average molecular weight is 610 g/mol. The van der Waals surface area contributed by atoms with Gasteiger partial charge in [-0.15, -0.1) is 0 Å². The van der Waals surface area contributed by atoms with Crippen LogP contribution in [0.2, 0.25) is 0 Å². The monoisotopic (exact) mass is 609 g/mol. The van der Waals surface area contributed by atoms with E-state index in [-0.39, 0.29) is 41.0 Å². The molecule has 1 saturated heterocycles. The third kappa shape index (κ3) is 5.55. The second-order valence-electron chi connectivity index (χ2n) is 15.7. The number of fused-ring (bicyclic) bond motifs is 5. The normalized spacial score (nSPS) is 46.7. The van der Waals surface area contributed by atoms with Crippen molar-refractivity contribution in [3.63, 3.8) is 0 Å². The van der Waals surface area contributed by atoms with Crippen LogP contribution < -0.4 is 10.0 Å². The van der Waals surface area contributed by atoms with Crippen molar-refractivity contribution in [2.75, 3.05) is 6.54 Å². The van der Waals surface area contributed by atoms with Crippen LogP contribution in [-0.4, -0.2) is 59.8 Å². The van der Waals surface area contributed by atoms with Gasteiger partial charge in [0.25, 0.3) is 0 Å². The molecule has 5 aliphatic rings. The SMILES string of the molecule is CC[C@H]1[C@@H](O)[C@@H]2[C@H](CC[C@]3(C)[C@@H]([C@H](C)CCNC(=O)NS(=O)(=O)N4[C@H](C)CCC[C@@H]4C)CC[C@@H]23)[C@@]2(C)CC[C@@H](O)C[C@@H]12. The molecule has 0 aromatic heterocycles. The highest BCUT2D eigenvalue weighted by Crippen LogP contribution is 2.69. The summed E-state index contributed by atoms with van der Waals surface area (Å²) >= 11 is 0. The van der Waals surface area contributed by atoms with Gasteiger partial charge in [0.1, 0.15) is 0 Å². The minimum absolute atomic E-state index is 0.112. The van der Waals surface area contributed by atoms with Crippen LogP contribution in [0.5, 0.6) is 0 Å². The summed E-state index contributed by atoms with van der Waals surface area (Å²) in [5, 5.41) is 25.3. The van der Waals surface area contributed by atoms with Crippen molar-refractivity contribution >= 4 is 16.2 Å². The van der Waals surface area contributed by atoms with Gasteiger partial charge in [0, 0.05) is 18.6 Å². The second kappa shape index (κ2) is 12.1. The van der Waals surface area contributed by atoms with Gasteiger partial charge in [0.15, 0.2) is 0 Å². The maximum atomic E-state index is 13.0. The Morgan fingerprint density at radius 3 is 2.26 bits per heavy atom. The van der Waals surface area contributed by atoms with Crippen LogP contribution in [0.25, 0.3) is 0 Å². The molecule has 4 saturated carbocycles. The van der Waals surface area contributed by atoms with Gasteiger partial charge in [-0.25, -0.2) is 9.52 Å². The van der Waals surface area contributed by atoms with Gasteiger partial charge >= 0.3 is 16.2 Å². The number of hydrogen-bond acceptors (Lipinski definition) is 5. The number of carbonyl (C=O) groups excluding carboxylic acids is 1. The molecule has 8 nitrogen and oxygen atoms in total. The number of hydrogen-bond donors (Lipinski definition) is 4. The van der Waals surface area contributed by atoms with Gasteiger partial charge in [-0.05, 0) is 130 Å². The number of nitrogens with zero attached hydrogens (tertiary/aromatic N) is 1. The Morgan fingerprint density at radius 1 is 0.952 bits per heavy atom. The molecule has 0 bridgehead atoms. The Morgan fingerprint density at radius 2 is 1.60 bits per heavy atom. The Hall–Kier alpha value is -0.900. The van der Waals surface area contributed by atoms with Crippen LogP contribution in [0.3, 0.4) is 0 Å². The molecule has 2 amide bonds. The highest BCUT2D eigenvalue weighted by molar-refractivity contribution is 7.87. The molecule has 242 valence electrons. The summed E-state index contributed by atoms with van der Waals surface area (Å²) in [5.41, 5.74) is 0.375. The molecular formula is C33H59N3O5S. The summed E-state index contributed by atoms with van der Waals surface area (Å²) < 4.78 is 29.6. The first-order chi connectivity index (χ1) is 19.7. The van der Waals surface area contributed by atoms with Crippen LogP contribution in [0.1, 0.15) is 119 Å². The summed E-state index contributed by atoms with van der Waals surface area (Å²) in [6, 6.07) is -0.864. The standard InChI is InChI=1S/C33H59N3O5S/c1-7-24-28-19-23(37)13-16-33(28,6)27-14-17-32(5)25(11-12-26(32)29(27)30(24)38)20(2)15-18-34-31(39)35-42(40,41)36-21(3)9-8-10-22(36)4/h20-30,37-38H,7-19H2,1-6H3,(H2,34,35,39)/t20-,21-,22+,23-,24-,25-,26+,27+,28+,29+,30-,32-,33-/m1/s1. The van der Waals surface area contributed by atoms with E-state index in [0.717, 1.165) is 70.6 Å². The molecule has 1 heterocycles. The fraction of sp³-hybridized carbons (Fsp3) is 0.970. The molecule has 0 radical (unpaired) electrons. The molecule has 5 rings (SSSR count). The second-order valence-corrected chi connectivity index (χ2v) is 17.3. The van der Waals surface area contributed by atoms with Crippen LogP contribution in [0.15, 0.2) is 0 Å². The molecule has 0 aromatic carbocycles. The summed E-state index contributed by atoms with van der Waals surface area (Å²) in [4.78, 5) is 12.7. The lowest BCUT2D eigenvalue weighted by molar-refractivity contribution is -0.203. The first-order valence-electron chi connectivity index (χ1n) is 17.2. The summed E-state index contributed by atoms with van der Waals surface area (Å²) in [6.45, 7) is 13.7. The van der Waals surface area contributed by atoms with Gasteiger partial charge in [-0.2, -0.15) is 12.7 Å². The van der Waals surface area contributed by atoms with Crippen LogP contribution >= 0.6 is 0 Å². The third-order valence-corrected chi connectivity index (χ3v) is 15.4. The minimum Gasteiger partial charge on any atom is -0.393 e. The number of aliphatic hydroxyl groups excluding tert-OH is 2. The van der Waals surface area contributed by atoms with E-state index in [4.69, 9.17) is 0 Å². The molecule has 9 heteroatoms. The highest BCUT2D eigenvalue weighted by atomic mass is 32.2. The Kier molecular flexibility index (Phi) is 9.38. The van der Waals surface area contributed by atoms with Crippen LogP contribution in [-0.2, 0) is 10.2 Å². The van der Waals surface area contributed by atoms with Crippen molar-refractivity contribution in [2.24, 2.45) is 52.3 Å². The molecule has 13 atom stereocenters. The predicted octanol–water partition coefficient (Wildman–Crippen LogP) is 5.45. The molecule has 4 N–H and O–H groups in total. The number of amides is 2. The number of carbonyl (C=O) groups is 1. The fourth-order valence-electron chi connectivity index (χ4n) is 11.6. The minimum atomic E-state index is -3.88. The quantitative estimate of drug-likeness (QED) is 0.306. The molecule has 42 heavy (non-hydrogen) atoms. The van der Waals surface area contributed by atoms with Crippen molar-refractivity contribution in [2.45, 2.75) is 143 Å². The average Bonchev–Trinajstić information content (AvgIpc) is 3.26. The number of piperidine rings is 1. The van der Waals surface area contributed by atoms with E-state index >= 15 is 0 Å². The van der Waals surface area contributed by atoms with Gasteiger partial charge in [-0.3, -0.25) is 0 Å². The number of rotatable bonds is 7. The lowest BCUT2D eigenvalue weighted by Crippen LogP contribution is -2.62. The largest absolute Gasteiger partial charge is 0.393 e. The van der Waals surface area contributed by atoms with Gasteiger partial charge < -0.3 is 15.5 Å². The molecular weight excluding hydrogens is 550 g/mol. The summed E-state index contributed by atoms with van der Waals surface area (Å²) in [7, 11) is -3.88. The zero-order chi connectivity index (χ0) is 30.6. The lowest BCUT2D eigenvalue weighted by atomic mass is 9.41. The first-order valence-corrected chi connectivity index (χ1v) is 18.6. The number of nitrogens with one attached hydrogen (secondary N) is 2. The van der Waals surface area contributed by atoms with Gasteiger partial charge in [0.2, 0.25) is 0 Å². The van der Waals surface area contributed by atoms with E-state index in [1.807, 2.05) is 13.8 Å². The summed E-state index contributed by atoms with van der Waals surface area (Å²) in [5.74, 6) is 2.95. The maximum Gasteiger partial charge on any atom is 0.329 e. The molecule has 0 aromatic rings.